The molecule has 4 nitrogen and oxygen atoms in total. The third kappa shape index (κ3) is 4.08. The summed E-state index contributed by atoms with van der Waals surface area (Å²) >= 11 is 7.21. The van der Waals surface area contributed by atoms with Crippen molar-refractivity contribution in [3.05, 3.63) is 15.5 Å². The van der Waals surface area contributed by atoms with Gasteiger partial charge in [0.15, 0.2) is 0 Å². The lowest BCUT2D eigenvalue weighted by Gasteiger charge is -2.03. The van der Waals surface area contributed by atoms with E-state index < -0.39 is 0 Å². The fraction of sp³-hybridized carbons (Fsp3) is 0.600. The smallest absolute Gasteiger partial charge is 0.221 e. The molecule has 0 aromatic carbocycles. The van der Waals surface area contributed by atoms with Crippen molar-refractivity contribution >= 4 is 28.8 Å². The molecule has 1 heterocycles. The molecule has 0 unspecified atom stereocenters. The molecule has 88 valence electrons. The number of nitrogens with one attached hydrogen (secondary N) is 2. The summed E-state index contributed by atoms with van der Waals surface area (Å²) in [6.45, 7) is 1.35. The van der Waals surface area contributed by atoms with Crippen molar-refractivity contribution < 1.29 is 4.79 Å². The molecule has 1 aliphatic rings. The molecule has 0 atom stereocenters. The van der Waals surface area contributed by atoms with Crippen LogP contribution in [0.25, 0.3) is 0 Å². The van der Waals surface area contributed by atoms with Crippen molar-refractivity contribution in [2.75, 3.05) is 6.54 Å². The van der Waals surface area contributed by atoms with E-state index in [-0.39, 0.29) is 5.91 Å². The van der Waals surface area contributed by atoms with E-state index in [4.69, 9.17) is 11.6 Å². The molecule has 2 N–H and O–H groups in total. The number of nitrogens with zero attached hydrogens (tertiary/aromatic N) is 1. The minimum atomic E-state index is 0.132. The maximum absolute atomic E-state index is 11.3. The number of carbonyl (C=O) groups is 1. The summed E-state index contributed by atoms with van der Waals surface area (Å²) in [7, 11) is 0. The van der Waals surface area contributed by atoms with Crippen LogP contribution in [0.4, 0.5) is 0 Å². The predicted octanol–water partition coefficient (Wildman–Crippen LogP) is 1.55. The highest BCUT2D eigenvalue weighted by atomic mass is 35.5. The van der Waals surface area contributed by atoms with Gasteiger partial charge in [0, 0.05) is 25.6 Å². The number of aromatic nitrogens is 1. The van der Waals surface area contributed by atoms with Gasteiger partial charge in [-0.1, -0.05) is 11.6 Å². The van der Waals surface area contributed by atoms with Crippen LogP contribution in [0.1, 0.15) is 24.3 Å². The van der Waals surface area contributed by atoms with Gasteiger partial charge in [-0.05, 0) is 12.8 Å². The van der Waals surface area contributed by atoms with Gasteiger partial charge < -0.3 is 10.6 Å². The molecule has 1 saturated carbocycles. The van der Waals surface area contributed by atoms with Crippen LogP contribution in [-0.4, -0.2) is 23.5 Å². The first-order valence-electron chi connectivity index (χ1n) is 5.34. The Bertz CT molecular complexity index is 365. The molecule has 6 heteroatoms. The fourth-order valence-corrected chi connectivity index (χ4v) is 2.22. The number of amides is 1. The lowest BCUT2D eigenvalue weighted by Crippen LogP contribution is -2.28. The first-order valence-corrected chi connectivity index (χ1v) is 6.54. The minimum Gasteiger partial charge on any atom is -0.353 e. The topological polar surface area (TPSA) is 54.0 Å². The third-order valence-electron chi connectivity index (χ3n) is 2.27. The predicted molar refractivity (Wildman–Crippen MR) is 64.6 cm³/mol. The summed E-state index contributed by atoms with van der Waals surface area (Å²) < 4.78 is 0.697. The summed E-state index contributed by atoms with van der Waals surface area (Å²) in [5.41, 5.74) is 0. The molecular formula is C10H14ClN3OS. The van der Waals surface area contributed by atoms with E-state index in [1.165, 1.54) is 11.3 Å². The van der Waals surface area contributed by atoms with E-state index in [2.05, 4.69) is 15.6 Å². The number of hydrogen-bond acceptors (Lipinski definition) is 4. The SMILES string of the molecule is O=C(CCNCc1ncc(Cl)s1)NC1CC1. The monoisotopic (exact) mass is 259 g/mol. The number of halogens is 1. The quantitative estimate of drug-likeness (QED) is 0.763. The van der Waals surface area contributed by atoms with Crippen molar-refractivity contribution in [1.82, 2.24) is 15.6 Å². The Morgan fingerprint density at radius 2 is 2.44 bits per heavy atom. The number of hydrogen-bond donors (Lipinski definition) is 2. The van der Waals surface area contributed by atoms with Gasteiger partial charge in [-0.3, -0.25) is 4.79 Å². The van der Waals surface area contributed by atoms with Crippen molar-refractivity contribution in [3.63, 3.8) is 0 Å². The molecule has 0 saturated heterocycles. The maximum atomic E-state index is 11.3. The van der Waals surface area contributed by atoms with E-state index in [1.54, 1.807) is 6.20 Å². The molecular weight excluding hydrogens is 246 g/mol. The Balaban J connectivity index is 1.55. The molecule has 0 spiro atoms. The van der Waals surface area contributed by atoms with E-state index >= 15 is 0 Å². The zero-order valence-corrected chi connectivity index (χ0v) is 10.4. The van der Waals surface area contributed by atoms with E-state index in [0.717, 1.165) is 17.8 Å². The van der Waals surface area contributed by atoms with Crippen LogP contribution in [0.15, 0.2) is 6.20 Å². The molecule has 1 aliphatic carbocycles. The fourth-order valence-electron chi connectivity index (χ4n) is 1.29. The molecule has 0 bridgehead atoms. The van der Waals surface area contributed by atoms with Gasteiger partial charge in [0.2, 0.25) is 5.91 Å². The van der Waals surface area contributed by atoms with Gasteiger partial charge in [-0.25, -0.2) is 4.98 Å². The standard InChI is InChI=1S/C10H14ClN3OS/c11-8-5-13-10(16-8)6-12-4-3-9(15)14-7-1-2-7/h5,7,12H,1-4,6H2,(H,14,15). The van der Waals surface area contributed by atoms with E-state index in [1.807, 2.05) is 0 Å². The van der Waals surface area contributed by atoms with Gasteiger partial charge in [0.1, 0.15) is 9.34 Å². The van der Waals surface area contributed by atoms with Crippen LogP contribution >= 0.6 is 22.9 Å². The maximum Gasteiger partial charge on any atom is 0.221 e. The lowest BCUT2D eigenvalue weighted by atomic mass is 10.4. The summed E-state index contributed by atoms with van der Waals surface area (Å²) in [4.78, 5) is 15.4. The number of rotatable bonds is 6. The number of carbonyl (C=O) groups excluding carboxylic acids is 1. The zero-order chi connectivity index (χ0) is 11.4. The molecule has 2 rings (SSSR count). The summed E-state index contributed by atoms with van der Waals surface area (Å²) in [6.07, 6.45) is 4.44. The van der Waals surface area contributed by atoms with E-state index in [9.17, 15) is 4.79 Å². The lowest BCUT2D eigenvalue weighted by molar-refractivity contribution is -0.121. The molecule has 1 aromatic heterocycles. The van der Waals surface area contributed by atoms with Gasteiger partial charge >= 0.3 is 0 Å². The second-order valence-corrected chi connectivity index (χ2v) is 5.57. The third-order valence-corrected chi connectivity index (χ3v) is 3.39. The highest BCUT2D eigenvalue weighted by Gasteiger charge is 2.22. The van der Waals surface area contributed by atoms with Crippen LogP contribution in [0.2, 0.25) is 4.34 Å². The summed E-state index contributed by atoms with van der Waals surface area (Å²) in [6, 6.07) is 0.449. The van der Waals surface area contributed by atoms with Gasteiger partial charge in [-0.15, -0.1) is 11.3 Å². The van der Waals surface area contributed by atoms with Gasteiger partial charge in [0.05, 0.1) is 6.20 Å². The highest BCUT2D eigenvalue weighted by Crippen LogP contribution is 2.18. The minimum absolute atomic E-state index is 0.132. The average Bonchev–Trinajstić information content (AvgIpc) is 2.95. The second-order valence-electron chi connectivity index (χ2n) is 3.83. The largest absolute Gasteiger partial charge is 0.353 e. The van der Waals surface area contributed by atoms with Gasteiger partial charge in [0.25, 0.3) is 0 Å². The molecule has 1 amide bonds. The molecule has 1 aromatic rings. The van der Waals surface area contributed by atoms with Crippen LogP contribution in [0.3, 0.4) is 0 Å². The first kappa shape index (κ1) is 11.8. The highest BCUT2D eigenvalue weighted by molar-refractivity contribution is 7.15. The molecule has 1 fully saturated rings. The first-order chi connectivity index (χ1) is 7.74. The van der Waals surface area contributed by atoms with Crippen LogP contribution in [0.5, 0.6) is 0 Å². The Labute approximate surface area is 103 Å². The van der Waals surface area contributed by atoms with Crippen molar-refractivity contribution in [2.24, 2.45) is 0 Å². The zero-order valence-electron chi connectivity index (χ0n) is 8.83. The average molecular weight is 260 g/mol. The van der Waals surface area contributed by atoms with E-state index in [0.29, 0.717) is 29.9 Å². The van der Waals surface area contributed by atoms with Crippen LogP contribution < -0.4 is 10.6 Å². The van der Waals surface area contributed by atoms with Gasteiger partial charge in [-0.2, -0.15) is 0 Å². The summed E-state index contributed by atoms with van der Waals surface area (Å²) in [5.74, 6) is 0.132. The molecule has 0 aliphatic heterocycles. The Morgan fingerprint density at radius 3 is 3.06 bits per heavy atom. The Hall–Kier alpha value is -0.650. The van der Waals surface area contributed by atoms with Crippen molar-refractivity contribution in [3.8, 4) is 0 Å². The Kier molecular flexibility index (Phi) is 4.15. The normalized spacial score (nSPS) is 15.1. The van der Waals surface area contributed by atoms with Crippen LogP contribution in [-0.2, 0) is 11.3 Å². The Morgan fingerprint density at radius 1 is 1.62 bits per heavy atom. The summed E-state index contributed by atoms with van der Waals surface area (Å²) in [5, 5.41) is 7.06. The molecule has 0 radical (unpaired) electrons. The second kappa shape index (κ2) is 5.61. The van der Waals surface area contributed by atoms with Crippen molar-refractivity contribution in [2.45, 2.75) is 31.8 Å². The van der Waals surface area contributed by atoms with Crippen molar-refractivity contribution in [1.29, 1.82) is 0 Å². The molecule has 16 heavy (non-hydrogen) atoms. The number of thiazole rings is 1. The van der Waals surface area contributed by atoms with Crippen LogP contribution in [0, 0.1) is 0 Å².